The second-order valence-corrected chi connectivity index (χ2v) is 13.6. The maximum atomic E-state index is 6.40. The van der Waals surface area contributed by atoms with Gasteiger partial charge >= 0.3 is 0 Å². The Morgan fingerprint density at radius 3 is 1.98 bits per heavy atom. The van der Waals surface area contributed by atoms with Gasteiger partial charge in [0.1, 0.15) is 16.7 Å². The zero-order valence-corrected chi connectivity index (χ0v) is 27.7. The summed E-state index contributed by atoms with van der Waals surface area (Å²) in [5.41, 5.74) is 15.0. The summed E-state index contributed by atoms with van der Waals surface area (Å²) in [4.78, 5) is 7.18. The van der Waals surface area contributed by atoms with Crippen molar-refractivity contribution in [1.29, 1.82) is 0 Å². The molecule has 50 heavy (non-hydrogen) atoms. The lowest BCUT2D eigenvalue weighted by atomic mass is 9.82. The molecule has 0 N–H and O–H groups in total. The second kappa shape index (κ2) is 10.8. The van der Waals surface area contributed by atoms with Crippen molar-refractivity contribution in [1.82, 2.24) is 4.98 Å². The van der Waals surface area contributed by atoms with Crippen molar-refractivity contribution in [2.45, 2.75) is 19.3 Å². The number of hydrogen-bond donors (Lipinski definition) is 0. The normalized spacial score (nSPS) is 13.2. The number of benzene rings is 7. The van der Waals surface area contributed by atoms with Gasteiger partial charge in [-0.15, -0.1) is 0 Å². The summed E-state index contributed by atoms with van der Waals surface area (Å²) >= 11 is 0. The first-order chi connectivity index (χ1) is 24.5. The van der Waals surface area contributed by atoms with Crippen LogP contribution in [0.1, 0.15) is 25.0 Å². The molecule has 0 spiro atoms. The Morgan fingerprint density at radius 1 is 0.480 bits per heavy atom. The SMILES string of the molecule is CC1(C)c2ccccc2-c2cc(N(c3ccccc3)c3ccc(-c4cccc5oc6cc7oc(-c8ccccc8)nc7cc6c45)cc3)ccc21. The molecule has 2 heterocycles. The van der Waals surface area contributed by atoms with Crippen LogP contribution in [0.15, 0.2) is 167 Å². The standard InChI is InChI=1S/C46H32N2O2/c1-46(2)38-18-10-9-16-35(38)36-26-33(24-25-39(36)46)48(31-14-7-4-8-15-31)32-22-20-29(21-23-32)34-17-11-19-41-44(34)37-27-40-43(28-42(37)49-41)50-45(47-40)30-12-5-3-6-13-30/h3-28H,1-2H3. The molecule has 0 saturated heterocycles. The van der Waals surface area contributed by atoms with Crippen LogP contribution in [0.25, 0.3) is 66.7 Å². The van der Waals surface area contributed by atoms with Crippen molar-refractivity contribution in [3.05, 3.63) is 169 Å². The predicted octanol–water partition coefficient (Wildman–Crippen LogP) is 12.8. The number of aromatic nitrogens is 1. The van der Waals surface area contributed by atoms with Crippen LogP contribution in [0, 0.1) is 0 Å². The maximum Gasteiger partial charge on any atom is 0.227 e. The fraction of sp³-hybridized carbons (Fsp3) is 0.0652. The van der Waals surface area contributed by atoms with Crippen LogP contribution in [0.2, 0.25) is 0 Å². The monoisotopic (exact) mass is 644 g/mol. The third-order valence-corrected chi connectivity index (χ3v) is 10.3. The number of oxazole rings is 1. The van der Waals surface area contributed by atoms with Gasteiger partial charge in [-0.2, -0.15) is 0 Å². The lowest BCUT2D eigenvalue weighted by molar-refractivity contribution is 0.617. The van der Waals surface area contributed by atoms with Crippen molar-refractivity contribution in [2.24, 2.45) is 0 Å². The Bertz CT molecular complexity index is 2720. The largest absolute Gasteiger partial charge is 0.456 e. The van der Waals surface area contributed by atoms with Crippen molar-refractivity contribution in [2.75, 3.05) is 4.90 Å². The van der Waals surface area contributed by atoms with Gasteiger partial charge in [0.25, 0.3) is 0 Å². The van der Waals surface area contributed by atoms with Crippen LogP contribution in [-0.4, -0.2) is 4.98 Å². The van der Waals surface area contributed by atoms with E-state index in [4.69, 9.17) is 13.8 Å². The predicted molar refractivity (Wildman–Crippen MR) is 204 cm³/mol. The van der Waals surface area contributed by atoms with Gasteiger partial charge in [0, 0.05) is 44.9 Å². The van der Waals surface area contributed by atoms with Gasteiger partial charge in [0.2, 0.25) is 5.89 Å². The van der Waals surface area contributed by atoms with E-state index in [9.17, 15) is 0 Å². The summed E-state index contributed by atoms with van der Waals surface area (Å²) in [6, 6.07) is 55.5. The lowest BCUT2D eigenvalue weighted by Gasteiger charge is -2.27. The summed E-state index contributed by atoms with van der Waals surface area (Å²) in [6.45, 7) is 4.65. The van der Waals surface area contributed by atoms with Crippen molar-refractivity contribution >= 4 is 50.1 Å². The molecule has 1 aliphatic carbocycles. The van der Waals surface area contributed by atoms with E-state index in [-0.39, 0.29) is 5.41 Å². The molecule has 0 atom stereocenters. The smallest absolute Gasteiger partial charge is 0.227 e. The molecule has 1 aliphatic rings. The summed E-state index contributed by atoms with van der Waals surface area (Å²) < 4.78 is 12.6. The average Bonchev–Trinajstić information content (AvgIpc) is 3.81. The van der Waals surface area contributed by atoms with Crippen LogP contribution in [-0.2, 0) is 5.41 Å². The molecule has 238 valence electrons. The second-order valence-electron chi connectivity index (χ2n) is 13.6. The van der Waals surface area contributed by atoms with E-state index in [1.807, 2.05) is 42.5 Å². The van der Waals surface area contributed by atoms with Gasteiger partial charge in [0.05, 0.1) is 0 Å². The minimum Gasteiger partial charge on any atom is -0.456 e. The third kappa shape index (κ3) is 4.35. The first kappa shape index (κ1) is 28.6. The van der Waals surface area contributed by atoms with Crippen LogP contribution in [0.4, 0.5) is 17.1 Å². The van der Waals surface area contributed by atoms with E-state index in [0.717, 1.165) is 61.2 Å². The Balaban J connectivity index is 1.07. The fourth-order valence-electron chi connectivity index (χ4n) is 7.85. The molecule has 4 heteroatoms. The van der Waals surface area contributed by atoms with Crippen molar-refractivity contribution in [3.63, 3.8) is 0 Å². The first-order valence-corrected chi connectivity index (χ1v) is 17.0. The van der Waals surface area contributed by atoms with Gasteiger partial charge < -0.3 is 13.7 Å². The molecule has 0 amide bonds. The van der Waals surface area contributed by atoms with E-state index >= 15 is 0 Å². The zero-order valence-electron chi connectivity index (χ0n) is 27.7. The lowest BCUT2D eigenvalue weighted by Crippen LogP contribution is -2.15. The summed E-state index contributed by atoms with van der Waals surface area (Å²) in [6.07, 6.45) is 0. The number of nitrogens with zero attached hydrogens (tertiary/aromatic N) is 2. The molecule has 0 saturated carbocycles. The molecule has 0 fully saturated rings. The number of furan rings is 1. The van der Waals surface area contributed by atoms with Crippen molar-refractivity contribution in [3.8, 4) is 33.7 Å². The Morgan fingerprint density at radius 2 is 1.16 bits per heavy atom. The molecular weight excluding hydrogens is 613 g/mol. The Labute approximate surface area is 289 Å². The van der Waals surface area contributed by atoms with Crippen molar-refractivity contribution < 1.29 is 8.83 Å². The van der Waals surface area contributed by atoms with Crippen LogP contribution in [0.5, 0.6) is 0 Å². The fourth-order valence-corrected chi connectivity index (χ4v) is 7.85. The topological polar surface area (TPSA) is 42.4 Å². The van der Waals surface area contributed by atoms with Crippen LogP contribution >= 0.6 is 0 Å². The number of fused-ring (bicyclic) bond motifs is 7. The maximum absolute atomic E-state index is 6.40. The molecular formula is C46H32N2O2. The number of hydrogen-bond acceptors (Lipinski definition) is 4. The molecule has 0 bridgehead atoms. The molecule has 0 unspecified atom stereocenters. The van der Waals surface area contributed by atoms with E-state index < -0.39 is 0 Å². The van der Waals surface area contributed by atoms with Crippen LogP contribution in [0.3, 0.4) is 0 Å². The highest BCUT2D eigenvalue weighted by Crippen LogP contribution is 2.50. The van der Waals surface area contributed by atoms with Gasteiger partial charge in [-0.05, 0) is 94.0 Å². The summed E-state index contributed by atoms with van der Waals surface area (Å²) in [5, 5.41) is 2.09. The highest BCUT2D eigenvalue weighted by atomic mass is 16.4. The molecule has 4 nitrogen and oxygen atoms in total. The van der Waals surface area contributed by atoms with E-state index in [1.54, 1.807) is 0 Å². The molecule has 7 aromatic carbocycles. The average molecular weight is 645 g/mol. The molecule has 0 radical (unpaired) electrons. The Hall–Kier alpha value is -6.39. The van der Waals surface area contributed by atoms with E-state index in [2.05, 4.69) is 134 Å². The quantitative estimate of drug-likeness (QED) is 0.187. The molecule has 0 aliphatic heterocycles. The van der Waals surface area contributed by atoms with Crippen LogP contribution < -0.4 is 4.90 Å². The van der Waals surface area contributed by atoms with Gasteiger partial charge in [0.15, 0.2) is 5.58 Å². The minimum atomic E-state index is -0.0361. The first-order valence-electron chi connectivity index (χ1n) is 17.0. The van der Waals surface area contributed by atoms with E-state index in [0.29, 0.717) is 11.5 Å². The Kier molecular flexibility index (Phi) is 6.19. The number of rotatable bonds is 5. The summed E-state index contributed by atoms with van der Waals surface area (Å²) in [7, 11) is 0. The molecule has 9 aromatic rings. The summed E-state index contributed by atoms with van der Waals surface area (Å²) in [5.74, 6) is 0.604. The minimum absolute atomic E-state index is 0.0361. The van der Waals surface area contributed by atoms with Gasteiger partial charge in [-0.1, -0.05) is 105 Å². The highest BCUT2D eigenvalue weighted by molar-refractivity contribution is 6.15. The van der Waals surface area contributed by atoms with Gasteiger partial charge in [-0.3, -0.25) is 0 Å². The van der Waals surface area contributed by atoms with Gasteiger partial charge in [-0.25, -0.2) is 4.98 Å². The molecule has 10 rings (SSSR count). The highest BCUT2D eigenvalue weighted by Gasteiger charge is 2.35. The zero-order chi connectivity index (χ0) is 33.4. The third-order valence-electron chi connectivity index (χ3n) is 10.3. The van der Waals surface area contributed by atoms with E-state index in [1.165, 1.54) is 22.3 Å². The molecule has 2 aromatic heterocycles. The number of anilines is 3. The number of para-hydroxylation sites is 1.